The minimum atomic E-state index is 0.461. The Bertz CT molecular complexity index is 4010. The lowest BCUT2D eigenvalue weighted by molar-refractivity contribution is 0.464. The van der Waals surface area contributed by atoms with Crippen molar-refractivity contribution in [3.63, 3.8) is 0 Å². The van der Waals surface area contributed by atoms with Gasteiger partial charge >= 0.3 is 0 Å². The number of rotatable bonds is 20. The van der Waals surface area contributed by atoms with Crippen LogP contribution in [0.5, 0.6) is 69.0 Å². The Morgan fingerprint density at radius 2 is 0.370 bits per heavy atom. The molecule has 0 heterocycles. The summed E-state index contributed by atoms with van der Waals surface area (Å²) in [4.78, 5) is 0. The van der Waals surface area contributed by atoms with Crippen LogP contribution in [-0.2, 0) is 0 Å². The Hall–Kier alpha value is -10.6. The van der Waals surface area contributed by atoms with Crippen molar-refractivity contribution < 1.29 is 28.4 Å². The van der Waals surface area contributed by atoms with Gasteiger partial charge in [-0.2, -0.15) is 0 Å². The molecule has 12 rings (SSSR count). The fraction of sp³-hybridized carbons (Fsp3) is 0.234. The van der Waals surface area contributed by atoms with Crippen LogP contribution in [0.4, 0.5) is 0 Å². The van der Waals surface area contributed by atoms with Crippen LogP contribution in [0.1, 0.15) is 184 Å². The Morgan fingerprint density at radius 3 is 0.600 bits per heavy atom. The lowest BCUT2D eigenvalue weighted by Crippen LogP contribution is -1.97. The number of benzene rings is 12. The molecule has 0 aliphatic heterocycles. The predicted molar refractivity (Wildman–Crippen MR) is 421 cm³/mol. The van der Waals surface area contributed by atoms with Gasteiger partial charge in [0.15, 0.2) is 0 Å². The molecule has 1 atom stereocenters. The standard InChI is InChI=1S/2C18H22O.C16H18O.2C15H16O.C12H10O/c1-13(2)15-5-9-17(10-6-15)19-18-11-7-16(8-12-18)14(3)4;1-13(2)15-9-5-7-11-17(15)19-18-12-8-6-10-16(18)14(3)4;1-3-13(2)15-11-7-8-12-16(15)17-14-9-5-4-6-10-14;1-12(2)14-10-6-7-11-15(14)16-13-8-4-3-5-9-13;1-12(2)13-8-10-15(11-9-13)16-14-6-4-3-5-7-14;1-3-7-11(8-4-1)13-12-9-5-2-6-10-12/h2*5-14H,1-4H3;4-13H,3H2,1-2H3;2*3-12H,1-2H3;1-10H. The van der Waals surface area contributed by atoms with Crippen LogP contribution < -0.4 is 28.4 Å². The molecule has 0 fully saturated rings. The van der Waals surface area contributed by atoms with Gasteiger partial charge in [-0.15, -0.1) is 0 Å². The van der Waals surface area contributed by atoms with Gasteiger partial charge in [0.05, 0.1) is 0 Å². The third-order valence-corrected chi connectivity index (χ3v) is 16.4. The molecule has 6 heteroatoms. The number of hydrogen-bond donors (Lipinski definition) is 0. The summed E-state index contributed by atoms with van der Waals surface area (Å²) >= 11 is 0. The lowest BCUT2D eigenvalue weighted by atomic mass is 9.98. The maximum Gasteiger partial charge on any atom is 0.130 e. The Labute approximate surface area is 599 Å². The van der Waals surface area contributed by atoms with E-state index in [9.17, 15) is 0 Å². The van der Waals surface area contributed by atoms with Crippen LogP contribution in [0.2, 0.25) is 0 Å². The zero-order valence-corrected chi connectivity index (χ0v) is 61.3. The van der Waals surface area contributed by atoms with E-state index in [0.29, 0.717) is 41.4 Å². The quantitative estimate of drug-likeness (QED) is 0.0758. The summed E-state index contributed by atoms with van der Waals surface area (Å²) in [5.74, 6) is 14.5. The second-order valence-electron chi connectivity index (χ2n) is 26.3. The predicted octanol–water partition coefficient (Wildman–Crippen LogP) is 29.1. The van der Waals surface area contributed by atoms with Crippen molar-refractivity contribution in [1.82, 2.24) is 0 Å². The van der Waals surface area contributed by atoms with Crippen LogP contribution in [0.3, 0.4) is 0 Å². The smallest absolute Gasteiger partial charge is 0.130 e. The fourth-order valence-electron chi connectivity index (χ4n) is 10.3. The maximum absolute atomic E-state index is 6.16. The van der Waals surface area contributed by atoms with Crippen molar-refractivity contribution in [1.29, 1.82) is 0 Å². The highest BCUT2D eigenvalue weighted by Crippen LogP contribution is 2.36. The van der Waals surface area contributed by atoms with Crippen molar-refractivity contribution in [3.05, 3.63) is 360 Å². The van der Waals surface area contributed by atoms with Crippen LogP contribution in [0.25, 0.3) is 0 Å². The molecule has 100 heavy (non-hydrogen) atoms. The zero-order chi connectivity index (χ0) is 71.4. The van der Waals surface area contributed by atoms with Gasteiger partial charge in [0.2, 0.25) is 0 Å². The van der Waals surface area contributed by atoms with Crippen molar-refractivity contribution in [2.24, 2.45) is 0 Å². The first-order chi connectivity index (χ1) is 48.4. The summed E-state index contributed by atoms with van der Waals surface area (Å²) in [6, 6.07) is 107. The van der Waals surface area contributed by atoms with E-state index in [1.54, 1.807) is 0 Å². The topological polar surface area (TPSA) is 55.4 Å². The molecule has 6 nitrogen and oxygen atoms in total. The minimum Gasteiger partial charge on any atom is -0.457 e. The van der Waals surface area contributed by atoms with E-state index >= 15 is 0 Å². The van der Waals surface area contributed by atoms with Gasteiger partial charge in [0.1, 0.15) is 69.0 Å². The van der Waals surface area contributed by atoms with Gasteiger partial charge in [-0.05, 0) is 208 Å². The average Bonchev–Trinajstić information content (AvgIpc) is 1.21. The highest BCUT2D eigenvalue weighted by atomic mass is 16.5. The van der Waals surface area contributed by atoms with Crippen LogP contribution >= 0.6 is 0 Å². The Kier molecular flexibility index (Phi) is 32.0. The highest BCUT2D eigenvalue weighted by molar-refractivity contribution is 5.45. The summed E-state index contributed by atoms with van der Waals surface area (Å²) in [7, 11) is 0. The number of ether oxygens (including phenoxy) is 6. The molecule has 12 aromatic rings. The number of hydrogen-bond acceptors (Lipinski definition) is 6. The molecule has 0 radical (unpaired) electrons. The minimum absolute atomic E-state index is 0.461. The van der Waals surface area contributed by atoms with Crippen LogP contribution in [-0.4, -0.2) is 0 Å². The molecule has 0 spiro atoms. The van der Waals surface area contributed by atoms with Gasteiger partial charge in [-0.1, -0.05) is 297 Å². The highest BCUT2D eigenvalue weighted by Gasteiger charge is 2.14. The summed E-state index contributed by atoms with van der Waals surface area (Å²) in [6.07, 6.45) is 1.12. The summed E-state index contributed by atoms with van der Waals surface area (Å²) in [5.41, 5.74) is 9.03. The monoisotopic (exact) mass is 1330 g/mol. The SMILES string of the molecule is CC(C)c1ccc(Oc2ccc(C(C)C)cc2)cc1.CC(C)c1ccc(Oc2ccccc2)cc1.CC(C)c1ccccc1Oc1ccccc1.CC(C)c1ccccc1Oc1ccccc1C(C)C.CCC(C)c1ccccc1Oc1ccccc1.c1ccc(Oc2ccccc2)cc1. The van der Waals surface area contributed by atoms with Crippen molar-refractivity contribution in [3.8, 4) is 69.0 Å². The molecule has 0 saturated heterocycles. The largest absolute Gasteiger partial charge is 0.457 e. The van der Waals surface area contributed by atoms with Gasteiger partial charge in [0.25, 0.3) is 0 Å². The molecule has 12 aromatic carbocycles. The normalized spacial score (nSPS) is 10.8. The average molecular weight is 1330 g/mol. The lowest BCUT2D eigenvalue weighted by Gasteiger charge is -2.17. The second-order valence-corrected chi connectivity index (χ2v) is 26.3. The van der Waals surface area contributed by atoms with Crippen molar-refractivity contribution in [2.45, 2.75) is 145 Å². The molecule has 0 aliphatic rings. The van der Waals surface area contributed by atoms with Crippen LogP contribution in [0, 0.1) is 0 Å². The molecule has 1 unspecified atom stereocenters. The Balaban J connectivity index is 0.000000169. The van der Waals surface area contributed by atoms with E-state index < -0.39 is 0 Å². The molecular formula is C94H104O6. The second kappa shape index (κ2) is 41.6. The van der Waals surface area contributed by atoms with Gasteiger partial charge < -0.3 is 28.4 Å². The van der Waals surface area contributed by atoms with Gasteiger partial charge in [-0.3, -0.25) is 0 Å². The molecule has 0 amide bonds. The number of para-hydroxylation sites is 9. The first-order valence-electron chi connectivity index (χ1n) is 35.4. The third kappa shape index (κ3) is 26.4. The first kappa shape index (κ1) is 76.8. The third-order valence-electron chi connectivity index (χ3n) is 16.4. The molecule has 0 bridgehead atoms. The maximum atomic E-state index is 6.16. The Morgan fingerprint density at radius 1 is 0.180 bits per heavy atom. The van der Waals surface area contributed by atoms with Crippen molar-refractivity contribution in [2.75, 3.05) is 0 Å². The van der Waals surface area contributed by atoms with E-state index in [4.69, 9.17) is 28.4 Å². The molecule has 0 N–H and O–H groups in total. The van der Waals surface area contributed by atoms with Gasteiger partial charge in [-0.25, -0.2) is 0 Å². The van der Waals surface area contributed by atoms with E-state index in [1.165, 1.54) is 38.9 Å². The molecule has 0 aromatic heterocycles. The van der Waals surface area contributed by atoms with Crippen LogP contribution in [0.15, 0.2) is 322 Å². The summed E-state index contributed by atoms with van der Waals surface area (Å²) < 4.78 is 35.1. The molecule has 0 saturated carbocycles. The summed E-state index contributed by atoms with van der Waals surface area (Å²) in [5, 5.41) is 0. The van der Waals surface area contributed by atoms with E-state index in [0.717, 1.165) is 75.4 Å². The van der Waals surface area contributed by atoms with E-state index in [-0.39, 0.29) is 0 Å². The first-order valence-corrected chi connectivity index (χ1v) is 35.4. The zero-order valence-electron chi connectivity index (χ0n) is 61.3. The van der Waals surface area contributed by atoms with Gasteiger partial charge in [0, 0.05) is 0 Å². The molecule has 0 aliphatic carbocycles. The van der Waals surface area contributed by atoms with E-state index in [1.807, 2.05) is 243 Å². The summed E-state index contributed by atoms with van der Waals surface area (Å²) in [6.45, 7) is 30.7. The molecular weight excluding hydrogens is 1230 g/mol. The van der Waals surface area contributed by atoms with Crippen molar-refractivity contribution >= 4 is 0 Å². The van der Waals surface area contributed by atoms with E-state index in [2.05, 4.69) is 176 Å². The fourth-order valence-corrected chi connectivity index (χ4v) is 10.3. The molecule has 516 valence electrons.